The van der Waals surface area contributed by atoms with Gasteiger partial charge in [0, 0.05) is 12.1 Å². The Labute approximate surface area is 168 Å². The zero-order chi connectivity index (χ0) is 20.1. The Kier molecular flexibility index (Phi) is 4.19. The van der Waals surface area contributed by atoms with E-state index in [4.69, 9.17) is 18.9 Å². The van der Waals surface area contributed by atoms with Crippen LogP contribution in [-0.4, -0.2) is 43.2 Å². The Bertz CT molecular complexity index is 1000. The molecule has 7 nitrogen and oxygen atoms in total. The van der Waals surface area contributed by atoms with Gasteiger partial charge >= 0.3 is 6.09 Å². The summed E-state index contributed by atoms with van der Waals surface area (Å²) in [5.41, 5.74) is 4.73. The standard InChI is InChI=1S/C22H23NO6/c1-3-27-22(25)23-7-6-13-9-18(26-2)21(24)20-14-10-17-16(28-11-29-17)8-12(14)4-5-15(23)19(13)20/h8-10,15,24H,3-7,11H2,1-2H3. The predicted octanol–water partition coefficient (Wildman–Crippen LogP) is 3.80. The number of hydrogen-bond donors (Lipinski definition) is 1. The lowest BCUT2D eigenvalue weighted by Crippen LogP contribution is -2.40. The molecule has 2 aromatic rings. The van der Waals surface area contributed by atoms with E-state index in [1.165, 1.54) is 0 Å². The van der Waals surface area contributed by atoms with Crippen molar-refractivity contribution in [3.63, 3.8) is 0 Å². The van der Waals surface area contributed by atoms with Crippen LogP contribution in [0.2, 0.25) is 0 Å². The maximum atomic E-state index is 12.6. The molecule has 1 aliphatic carbocycles. The topological polar surface area (TPSA) is 77.5 Å². The highest BCUT2D eigenvalue weighted by Crippen LogP contribution is 2.53. The molecule has 1 N–H and O–H groups in total. The first-order chi connectivity index (χ1) is 14.1. The smallest absolute Gasteiger partial charge is 0.410 e. The number of phenols is 1. The summed E-state index contributed by atoms with van der Waals surface area (Å²) in [5.74, 6) is 1.90. The molecule has 1 unspecified atom stereocenters. The minimum absolute atomic E-state index is 0.0870. The summed E-state index contributed by atoms with van der Waals surface area (Å²) in [7, 11) is 1.55. The van der Waals surface area contributed by atoms with Crippen LogP contribution < -0.4 is 14.2 Å². The first-order valence-electron chi connectivity index (χ1n) is 9.91. The lowest BCUT2D eigenvalue weighted by atomic mass is 9.85. The molecule has 152 valence electrons. The summed E-state index contributed by atoms with van der Waals surface area (Å²) in [6.45, 7) is 2.91. The van der Waals surface area contributed by atoms with Gasteiger partial charge in [0.05, 0.1) is 19.8 Å². The first kappa shape index (κ1) is 18.0. The second-order valence-corrected chi connectivity index (χ2v) is 7.43. The maximum absolute atomic E-state index is 12.6. The average molecular weight is 397 g/mol. The van der Waals surface area contributed by atoms with Gasteiger partial charge in [0.2, 0.25) is 6.79 Å². The van der Waals surface area contributed by atoms with Gasteiger partial charge in [-0.05, 0) is 66.6 Å². The van der Waals surface area contributed by atoms with Gasteiger partial charge in [0.1, 0.15) is 0 Å². The van der Waals surface area contributed by atoms with E-state index in [1.54, 1.807) is 12.0 Å². The van der Waals surface area contributed by atoms with Crippen LogP contribution in [0.15, 0.2) is 18.2 Å². The lowest BCUT2D eigenvalue weighted by Gasteiger charge is -2.37. The van der Waals surface area contributed by atoms with Crippen molar-refractivity contribution in [2.75, 3.05) is 27.1 Å². The van der Waals surface area contributed by atoms with Crippen molar-refractivity contribution < 1.29 is 28.8 Å². The number of hydrogen-bond acceptors (Lipinski definition) is 6. The Morgan fingerprint density at radius 1 is 1.21 bits per heavy atom. The summed E-state index contributed by atoms with van der Waals surface area (Å²) < 4.78 is 21.9. The number of rotatable bonds is 2. The molecule has 2 heterocycles. The SMILES string of the molecule is CCOC(=O)N1CCc2cc(OC)c(O)c3c2C1CCc1cc2c(cc1-3)OCO2. The third-order valence-corrected chi connectivity index (χ3v) is 6.00. The summed E-state index contributed by atoms with van der Waals surface area (Å²) in [5, 5.41) is 11.1. The van der Waals surface area contributed by atoms with Crippen molar-refractivity contribution in [2.24, 2.45) is 0 Å². The Balaban J connectivity index is 1.74. The van der Waals surface area contributed by atoms with E-state index in [1.807, 2.05) is 25.1 Å². The number of methoxy groups -OCH3 is 1. The molecule has 29 heavy (non-hydrogen) atoms. The number of ether oxygens (including phenoxy) is 4. The van der Waals surface area contributed by atoms with Gasteiger partial charge < -0.3 is 29.0 Å². The molecule has 3 aliphatic rings. The normalized spacial score (nSPS) is 18.6. The third kappa shape index (κ3) is 2.68. The van der Waals surface area contributed by atoms with Crippen LogP contribution in [0.25, 0.3) is 11.1 Å². The average Bonchev–Trinajstić information content (AvgIpc) is 3.11. The highest BCUT2D eigenvalue weighted by molar-refractivity contribution is 5.84. The maximum Gasteiger partial charge on any atom is 0.410 e. The van der Waals surface area contributed by atoms with Crippen LogP contribution in [0.3, 0.4) is 0 Å². The number of aromatic hydroxyl groups is 1. The van der Waals surface area contributed by atoms with Crippen LogP contribution in [0.4, 0.5) is 4.79 Å². The number of benzene rings is 2. The van der Waals surface area contributed by atoms with Crippen LogP contribution in [0, 0.1) is 0 Å². The van der Waals surface area contributed by atoms with Crippen LogP contribution in [0.5, 0.6) is 23.0 Å². The van der Waals surface area contributed by atoms with E-state index >= 15 is 0 Å². The molecule has 0 saturated heterocycles. The number of amides is 1. The number of aryl methyl sites for hydroxylation is 1. The van der Waals surface area contributed by atoms with E-state index in [-0.39, 0.29) is 24.7 Å². The van der Waals surface area contributed by atoms with Gasteiger partial charge in [0.25, 0.3) is 0 Å². The molecule has 0 radical (unpaired) electrons. The molecule has 1 atom stereocenters. The van der Waals surface area contributed by atoms with Crippen molar-refractivity contribution in [1.82, 2.24) is 4.90 Å². The second-order valence-electron chi connectivity index (χ2n) is 7.43. The molecule has 5 rings (SSSR count). The van der Waals surface area contributed by atoms with Gasteiger partial charge in [0.15, 0.2) is 23.0 Å². The fourth-order valence-corrected chi connectivity index (χ4v) is 4.72. The predicted molar refractivity (Wildman–Crippen MR) is 105 cm³/mol. The van der Waals surface area contributed by atoms with E-state index in [9.17, 15) is 9.90 Å². The Morgan fingerprint density at radius 2 is 2.00 bits per heavy atom. The Morgan fingerprint density at radius 3 is 2.76 bits per heavy atom. The molecule has 0 aromatic heterocycles. The quantitative estimate of drug-likeness (QED) is 0.831. The van der Waals surface area contributed by atoms with Gasteiger partial charge in [-0.2, -0.15) is 0 Å². The number of fused-ring (bicyclic) bond motifs is 3. The molecule has 0 saturated carbocycles. The molecule has 2 aliphatic heterocycles. The summed E-state index contributed by atoms with van der Waals surface area (Å²) >= 11 is 0. The van der Waals surface area contributed by atoms with Crippen LogP contribution in [-0.2, 0) is 17.6 Å². The number of carbonyl (C=O) groups excluding carboxylic acids is 1. The molecule has 1 amide bonds. The van der Waals surface area contributed by atoms with Gasteiger partial charge in [-0.1, -0.05) is 0 Å². The van der Waals surface area contributed by atoms with E-state index in [0.717, 1.165) is 35.1 Å². The molecule has 2 aromatic carbocycles. The lowest BCUT2D eigenvalue weighted by molar-refractivity contribution is 0.0847. The number of phenolic OH excluding ortho intramolecular Hbond substituents is 1. The zero-order valence-electron chi connectivity index (χ0n) is 16.5. The highest BCUT2D eigenvalue weighted by Gasteiger charge is 2.38. The van der Waals surface area contributed by atoms with E-state index < -0.39 is 0 Å². The van der Waals surface area contributed by atoms with Gasteiger partial charge in [-0.15, -0.1) is 0 Å². The van der Waals surface area contributed by atoms with Crippen molar-refractivity contribution in [1.29, 1.82) is 0 Å². The fourth-order valence-electron chi connectivity index (χ4n) is 4.72. The molecular weight excluding hydrogens is 374 g/mol. The minimum atomic E-state index is -0.315. The highest BCUT2D eigenvalue weighted by atomic mass is 16.7. The number of nitrogens with zero attached hydrogens (tertiary/aromatic N) is 1. The molecular formula is C22H23NO6. The van der Waals surface area contributed by atoms with Gasteiger partial charge in [-0.3, -0.25) is 0 Å². The summed E-state index contributed by atoms with van der Waals surface area (Å²) in [4.78, 5) is 14.4. The molecule has 0 bridgehead atoms. The molecule has 0 spiro atoms. The zero-order valence-corrected chi connectivity index (χ0v) is 16.5. The van der Waals surface area contributed by atoms with Crippen molar-refractivity contribution in [2.45, 2.75) is 32.2 Å². The van der Waals surface area contributed by atoms with Crippen molar-refractivity contribution in [3.8, 4) is 34.1 Å². The van der Waals surface area contributed by atoms with Crippen LogP contribution in [0.1, 0.15) is 36.1 Å². The van der Waals surface area contributed by atoms with Crippen LogP contribution >= 0.6 is 0 Å². The van der Waals surface area contributed by atoms with Crippen molar-refractivity contribution in [3.05, 3.63) is 34.9 Å². The fraction of sp³-hybridized carbons (Fsp3) is 0.409. The second kappa shape index (κ2) is 6.76. The minimum Gasteiger partial charge on any atom is -0.504 e. The molecule has 7 heteroatoms. The first-order valence-corrected chi connectivity index (χ1v) is 9.91. The van der Waals surface area contributed by atoms with E-state index in [2.05, 4.69) is 0 Å². The molecule has 0 fully saturated rings. The van der Waals surface area contributed by atoms with Crippen molar-refractivity contribution >= 4 is 6.09 Å². The summed E-state index contributed by atoms with van der Waals surface area (Å²) in [6.07, 6.45) is 1.83. The van der Waals surface area contributed by atoms with E-state index in [0.29, 0.717) is 42.4 Å². The third-order valence-electron chi connectivity index (χ3n) is 6.00. The monoisotopic (exact) mass is 397 g/mol. The Hall–Kier alpha value is -3.09. The van der Waals surface area contributed by atoms with Gasteiger partial charge in [-0.25, -0.2) is 4.79 Å². The largest absolute Gasteiger partial charge is 0.504 e. The summed E-state index contributed by atoms with van der Waals surface area (Å²) in [6, 6.07) is 5.63. The number of carbonyl (C=O) groups is 1.